The lowest BCUT2D eigenvalue weighted by Crippen LogP contribution is -2.23. The van der Waals surface area contributed by atoms with E-state index >= 15 is 0 Å². The van der Waals surface area contributed by atoms with Crippen LogP contribution in [0.4, 0.5) is 5.69 Å². The summed E-state index contributed by atoms with van der Waals surface area (Å²) in [6, 6.07) is 8.35. The highest BCUT2D eigenvalue weighted by Crippen LogP contribution is 2.28. The highest BCUT2D eigenvalue weighted by molar-refractivity contribution is 9.10. The predicted molar refractivity (Wildman–Crippen MR) is 86.4 cm³/mol. The van der Waals surface area contributed by atoms with Crippen molar-refractivity contribution in [3.63, 3.8) is 0 Å². The van der Waals surface area contributed by atoms with Crippen LogP contribution in [0.25, 0.3) is 0 Å². The lowest BCUT2D eigenvalue weighted by atomic mass is 10.1. The molecule has 0 amide bonds. The van der Waals surface area contributed by atoms with Gasteiger partial charge in [0, 0.05) is 28.1 Å². The summed E-state index contributed by atoms with van der Waals surface area (Å²) < 4.78 is 5.87. The third kappa shape index (κ3) is 4.19. The fraction of sp³-hybridized carbons (Fsp3) is 0.200. The number of benzene rings is 1. The average molecular weight is 370 g/mol. The van der Waals surface area contributed by atoms with Crippen LogP contribution in [0.1, 0.15) is 18.5 Å². The Bertz CT molecular complexity index is 622. The van der Waals surface area contributed by atoms with Gasteiger partial charge in [0.1, 0.15) is 0 Å². The molecule has 0 radical (unpaired) electrons. The van der Waals surface area contributed by atoms with Gasteiger partial charge in [-0.25, -0.2) is 4.79 Å². The van der Waals surface area contributed by atoms with E-state index in [1.54, 1.807) is 37.5 Å². The van der Waals surface area contributed by atoms with Crippen LogP contribution < -0.4 is 5.32 Å². The van der Waals surface area contributed by atoms with Crippen molar-refractivity contribution in [1.29, 1.82) is 0 Å². The molecular weight excluding hydrogens is 356 g/mol. The standard InChI is InChI=1S/C15H14BrClN2O2/c1-2-21-15(20)14(10-4-3-7-18-9-10)19-11-5-6-13(17)12(16)8-11/h3-9,14,19H,2H2,1H3. The van der Waals surface area contributed by atoms with E-state index in [9.17, 15) is 4.79 Å². The molecule has 0 spiro atoms. The second-order valence-electron chi connectivity index (χ2n) is 4.24. The van der Waals surface area contributed by atoms with Crippen molar-refractivity contribution in [3.8, 4) is 0 Å². The molecule has 1 aromatic heterocycles. The molecule has 2 rings (SSSR count). The van der Waals surface area contributed by atoms with Gasteiger partial charge in [0.2, 0.25) is 0 Å². The molecule has 0 aliphatic carbocycles. The number of rotatable bonds is 5. The topological polar surface area (TPSA) is 51.2 Å². The summed E-state index contributed by atoms with van der Waals surface area (Å²) >= 11 is 9.33. The van der Waals surface area contributed by atoms with Crippen molar-refractivity contribution in [2.45, 2.75) is 13.0 Å². The highest BCUT2D eigenvalue weighted by Gasteiger charge is 2.22. The number of carbonyl (C=O) groups excluding carboxylic acids is 1. The van der Waals surface area contributed by atoms with Gasteiger partial charge in [-0.05, 0) is 47.1 Å². The molecule has 110 valence electrons. The average Bonchev–Trinajstić information content (AvgIpc) is 2.49. The number of nitrogens with one attached hydrogen (secondary N) is 1. The van der Waals surface area contributed by atoms with Crippen LogP contribution in [0, 0.1) is 0 Å². The first-order valence-corrected chi connectivity index (χ1v) is 7.57. The quantitative estimate of drug-likeness (QED) is 0.802. The van der Waals surface area contributed by atoms with Crippen LogP contribution in [0.2, 0.25) is 5.02 Å². The van der Waals surface area contributed by atoms with Crippen molar-refractivity contribution in [2.75, 3.05) is 11.9 Å². The number of pyridine rings is 1. The third-order valence-corrected chi connectivity index (χ3v) is 3.98. The molecule has 2 aromatic rings. The van der Waals surface area contributed by atoms with Crippen LogP contribution in [0.5, 0.6) is 0 Å². The number of carbonyl (C=O) groups is 1. The van der Waals surface area contributed by atoms with Crippen LogP contribution >= 0.6 is 27.5 Å². The van der Waals surface area contributed by atoms with E-state index in [0.717, 1.165) is 15.7 Å². The first kappa shape index (κ1) is 15.8. The first-order chi connectivity index (χ1) is 10.1. The Hall–Kier alpha value is -1.59. The molecule has 4 nitrogen and oxygen atoms in total. The number of hydrogen-bond donors (Lipinski definition) is 1. The number of aromatic nitrogens is 1. The van der Waals surface area contributed by atoms with Gasteiger partial charge in [0.05, 0.1) is 11.6 Å². The maximum absolute atomic E-state index is 12.1. The van der Waals surface area contributed by atoms with E-state index in [4.69, 9.17) is 16.3 Å². The Morgan fingerprint density at radius 2 is 2.29 bits per heavy atom. The van der Waals surface area contributed by atoms with Crippen LogP contribution in [-0.4, -0.2) is 17.6 Å². The Kier molecular flexibility index (Phi) is 5.59. The molecular formula is C15H14BrClN2O2. The molecule has 21 heavy (non-hydrogen) atoms. The lowest BCUT2D eigenvalue weighted by molar-refractivity contribution is -0.144. The maximum Gasteiger partial charge on any atom is 0.333 e. The number of hydrogen-bond acceptors (Lipinski definition) is 4. The normalized spacial score (nSPS) is 11.8. The fourth-order valence-corrected chi connectivity index (χ4v) is 2.30. The third-order valence-electron chi connectivity index (χ3n) is 2.77. The zero-order valence-corrected chi connectivity index (χ0v) is 13.7. The number of nitrogens with zero attached hydrogens (tertiary/aromatic N) is 1. The number of esters is 1. The number of ether oxygens (including phenoxy) is 1. The Morgan fingerprint density at radius 1 is 1.48 bits per heavy atom. The second-order valence-corrected chi connectivity index (χ2v) is 5.51. The van der Waals surface area contributed by atoms with E-state index in [-0.39, 0.29) is 5.97 Å². The summed E-state index contributed by atoms with van der Waals surface area (Å²) in [5, 5.41) is 3.75. The molecule has 0 saturated carbocycles. The van der Waals surface area contributed by atoms with E-state index in [1.807, 2.05) is 12.1 Å². The largest absolute Gasteiger partial charge is 0.464 e. The van der Waals surface area contributed by atoms with Crippen molar-refractivity contribution < 1.29 is 9.53 Å². The summed E-state index contributed by atoms with van der Waals surface area (Å²) in [5.74, 6) is -0.350. The minimum absolute atomic E-state index is 0.321. The molecule has 1 N–H and O–H groups in total. The zero-order valence-electron chi connectivity index (χ0n) is 11.3. The minimum atomic E-state index is -0.619. The SMILES string of the molecule is CCOC(=O)C(Nc1ccc(Cl)c(Br)c1)c1cccnc1. The summed E-state index contributed by atoms with van der Waals surface area (Å²) in [5.41, 5.74) is 1.50. The van der Waals surface area contributed by atoms with Gasteiger partial charge in [0.15, 0.2) is 6.04 Å². The molecule has 0 aliphatic heterocycles. The lowest BCUT2D eigenvalue weighted by Gasteiger charge is -2.18. The monoisotopic (exact) mass is 368 g/mol. The molecule has 6 heteroatoms. The van der Waals surface area contributed by atoms with E-state index in [2.05, 4.69) is 26.2 Å². The molecule has 0 aliphatic rings. The van der Waals surface area contributed by atoms with E-state index in [0.29, 0.717) is 11.6 Å². The van der Waals surface area contributed by atoms with Crippen LogP contribution in [0.15, 0.2) is 47.2 Å². The Morgan fingerprint density at radius 3 is 2.90 bits per heavy atom. The summed E-state index contributed by atoms with van der Waals surface area (Å²) in [6.07, 6.45) is 3.30. The minimum Gasteiger partial charge on any atom is -0.464 e. The predicted octanol–water partition coefficient (Wildman–Crippen LogP) is 4.21. The van der Waals surface area contributed by atoms with Gasteiger partial charge in [-0.3, -0.25) is 4.98 Å². The van der Waals surface area contributed by atoms with E-state index in [1.165, 1.54) is 0 Å². The maximum atomic E-state index is 12.1. The van der Waals surface area contributed by atoms with Crippen LogP contribution in [0.3, 0.4) is 0 Å². The van der Waals surface area contributed by atoms with Gasteiger partial charge in [-0.1, -0.05) is 17.7 Å². The summed E-state index contributed by atoms with van der Waals surface area (Å²) in [6.45, 7) is 2.10. The highest BCUT2D eigenvalue weighted by atomic mass is 79.9. The molecule has 1 heterocycles. The van der Waals surface area contributed by atoms with Crippen molar-refractivity contribution in [2.24, 2.45) is 0 Å². The zero-order chi connectivity index (χ0) is 15.2. The number of anilines is 1. The molecule has 0 saturated heterocycles. The summed E-state index contributed by atoms with van der Waals surface area (Å²) in [7, 11) is 0. The molecule has 1 atom stereocenters. The van der Waals surface area contributed by atoms with Gasteiger partial charge >= 0.3 is 5.97 Å². The molecule has 1 unspecified atom stereocenters. The second kappa shape index (κ2) is 7.43. The van der Waals surface area contributed by atoms with Gasteiger partial charge in [-0.15, -0.1) is 0 Å². The Balaban J connectivity index is 2.27. The van der Waals surface area contributed by atoms with E-state index < -0.39 is 6.04 Å². The first-order valence-electron chi connectivity index (χ1n) is 6.40. The van der Waals surface area contributed by atoms with Crippen molar-refractivity contribution in [1.82, 2.24) is 4.98 Å². The van der Waals surface area contributed by atoms with Crippen LogP contribution in [-0.2, 0) is 9.53 Å². The molecule has 0 bridgehead atoms. The van der Waals surface area contributed by atoms with Gasteiger partial charge < -0.3 is 10.1 Å². The van der Waals surface area contributed by atoms with Gasteiger partial charge in [-0.2, -0.15) is 0 Å². The smallest absolute Gasteiger partial charge is 0.333 e. The van der Waals surface area contributed by atoms with Gasteiger partial charge in [0.25, 0.3) is 0 Å². The fourth-order valence-electron chi connectivity index (χ4n) is 1.80. The molecule has 1 aromatic carbocycles. The molecule has 0 fully saturated rings. The Labute approximate surface area is 136 Å². The van der Waals surface area contributed by atoms with Crippen molar-refractivity contribution >= 4 is 39.2 Å². The number of halogens is 2. The summed E-state index contributed by atoms with van der Waals surface area (Å²) in [4.78, 5) is 16.2. The van der Waals surface area contributed by atoms with Crippen molar-refractivity contribution in [3.05, 3.63) is 57.8 Å².